The van der Waals surface area contributed by atoms with E-state index in [-0.39, 0.29) is 18.1 Å². The number of carbonyl (C=O) groups excluding carboxylic acids is 1. The van der Waals surface area contributed by atoms with Crippen LogP contribution in [-0.2, 0) is 30.7 Å². The van der Waals surface area contributed by atoms with Crippen LogP contribution in [0.15, 0.2) is 23.0 Å². The number of anilines is 1. The lowest BCUT2D eigenvalue weighted by Crippen LogP contribution is -2.30. The number of benzene rings is 1. The molecule has 0 unspecified atom stereocenters. The number of unbranched alkanes of at least 4 members (excludes halogenated alkanes) is 1. The van der Waals surface area contributed by atoms with Crippen molar-refractivity contribution in [2.75, 3.05) is 5.32 Å². The van der Waals surface area contributed by atoms with Crippen molar-refractivity contribution in [1.29, 1.82) is 0 Å². The number of imidazole rings is 1. The predicted octanol–water partition coefficient (Wildman–Crippen LogP) is 2.63. The van der Waals surface area contributed by atoms with Crippen LogP contribution < -0.4 is 11.0 Å². The molecule has 3 heterocycles. The van der Waals surface area contributed by atoms with Gasteiger partial charge in [-0.15, -0.1) is 0 Å². The van der Waals surface area contributed by atoms with Gasteiger partial charge in [-0.2, -0.15) is 5.10 Å². The summed E-state index contributed by atoms with van der Waals surface area (Å²) in [6.07, 6.45) is 7.05. The Bertz CT molecular complexity index is 1040. The lowest BCUT2D eigenvalue weighted by atomic mass is 10.2. The average molecular weight is 382 g/mol. The molecule has 0 fully saturated rings. The highest BCUT2D eigenvalue weighted by atomic mass is 16.2. The maximum absolute atomic E-state index is 12.5. The quantitative estimate of drug-likeness (QED) is 0.685. The Morgan fingerprint density at radius 2 is 2.18 bits per heavy atom. The molecule has 2 aromatic heterocycles. The zero-order chi connectivity index (χ0) is 19.5. The maximum atomic E-state index is 12.5. The van der Waals surface area contributed by atoms with Gasteiger partial charge in [0.15, 0.2) is 0 Å². The molecule has 0 saturated heterocycles. The van der Waals surface area contributed by atoms with Crippen molar-refractivity contribution in [3.05, 3.63) is 40.3 Å². The van der Waals surface area contributed by atoms with Crippen LogP contribution in [0.1, 0.15) is 50.7 Å². The number of aryl methyl sites for hydroxylation is 2. The van der Waals surface area contributed by atoms with Gasteiger partial charge in [-0.05, 0) is 37.5 Å². The van der Waals surface area contributed by atoms with E-state index in [2.05, 4.69) is 27.3 Å². The summed E-state index contributed by atoms with van der Waals surface area (Å²) in [5.41, 5.74) is 2.27. The van der Waals surface area contributed by atoms with Crippen molar-refractivity contribution >= 4 is 22.6 Å². The first-order valence-corrected chi connectivity index (χ1v) is 10.1. The van der Waals surface area contributed by atoms with Crippen molar-refractivity contribution in [3.8, 4) is 0 Å². The second-order valence-corrected chi connectivity index (χ2v) is 7.39. The van der Waals surface area contributed by atoms with Crippen molar-refractivity contribution in [2.45, 2.75) is 65.0 Å². The van der Waals surface area contributed by atoms with Gasteiger partial charge in [-0.25, -0.2) is 14.5 Å². The SMILES string of the molecule is CCCCc1nc2ccc(NC(=O)Cn3nc4n(c3=O)CCCCC4)cc2[nH]1. The number of aromatic amines is 1. The summed E-state index contributed by atoms with van der Waals surface area (Å²) in [4.78, 5) is 32.8. The Morgan fingerprint density at radius 1 is 1.29 bits per heavy atom. The molecule has 8 heteroatoms. The van der Waals surface area contributed by atoms with E-state index in [0.29, 0.717) is 12.2 Å². The molecule has 0 saturated carbocycles. The Hall–Kier alpha value is -2.90. The van der Waals surface area contributed by atoms with Gasteiger partial charge in [-0.1, -0.05) is 19.8 Å². The zero-order valence-corrected chi connectivity index (χ0v) is 16.2. The highest BCUT2D eigenvalue weighted by molar-refractivity contribution is 5.92. The van der Waals surface area contributed by atoms with Gasteiger partial charge in [-0.3, -0.25) is 9.36 Å². The fraction of sp³-hybridized carbons (Fsp3) is 0.500. The first-order valence-electron chi connectivity index (χ1n) is 10.1. The molecular weight excluding hydrogens is 356 g/mol. The molecule has 1 aromatic carbocycles. The summed E-state index contributed by atoms with van der Waals surface area (Å²) >= 11 is 0. The minimum atomic E-state index is -0.263. The summed E-state index contributed by atoms with van der Waals surface area (Å²) in [7, 11) is 0. The molecule has 1 aliphatic heterocycles. The van der Waals surface area contributed by atoms with Crippen LogP contribution >= 0.6 is 0 Å². The van der Waals surface area contributed by atoms with Gasteiger partial charge in [0.1, 0.15) is 18.2 Å². The number of carbonyl (C=O) groups is 1. The van der Waals surface area contributed by atoms with Crippen LogP contribution in [0.2, 0.25) is 0 Å². The minimum absolute atomic E-state index is 0.0817. The number of fused-ring (bicyclic) bond motifs is 2. The number of nitrogens with zero attached hydrogens (tertiary/aromatic N) is 4. The fourth-order valence-electron chi connectivity index (χ4n) is 3.67. The largest absolute Gasteiger partial charge is 0.346 e. The molecule has 0 bridgehead atoms. The number of amides is 1. The van der Waals surface area contributed by atoms with E-state index in [1.807, 2.05) is 18.2 Å². The summed E-state index contributed by atoms with van der Waals surface area (Å²) in [5, 5.41) is 7.22. The molecule has 8 nitrogen and oxygen atoms in total. The molecule has 3 aromatic rings. The van der Waals surface area contributed by atoms with Gasteiger partial charge in [0.25, 0.3) is 0 Å². The van der Waals surface area contributed by atoms with Gasteiger partial charge in [0, 0.05) is 25.1 Å². The van der Waals surface area contributed by atoms with E-state index in [4.69, 9.17) is 0 Å². The highest BCUT2D eigenvalue weighted by Crippen LogP contribution is 2.18. The van der Waals surface area contributed by atoms with Crippen LogP contribution in [0.4, 0.5) is 5.69 Å². The lowest BCUT2D eigenvalue weighted by Gasteiger charge is -2.05. The molecule has 0 aliphatic carbocycles. The number of rotatable bonds is 6. The van der Waals surface area contributed by atoms with Crippen molar-refractivity contribution < 1.29 is 4.79 Å². The molecule has 0 atom stereocenters. The minimum Gasteiger partial charge on any atom is -0.342 e. The van der Waals surface area contributed by atoms with Crippen LogP contribution in [0.3, 0.4) is 0 Å². The van der Waals surface area contributed by atoms with Crippen molar-refractivity contribution in [2.24, 2.45) is 0 Å². The normalized spacial score (nSPS) is 14.0. The third-order valence-electron chi connectivity index (χ3n) is 5.16. The maximum Gasteiger partial charge on any atom is 0.346 e. The summed E-state index contributed by atoms with van der Waals surface area (Å²) in [6, 6.07) is 5.60. The number of hydrogen-bond acceptors (Lipinski definition) is 4. The van der Waals surface area contributed by atoms with E-state index in [9.17, 15) is 9.59 Å². The van der Waals surface area contributed by atoms with E-state index in [0.717, 1.165) is 67.6 Å². The number of nitrogens with one attached hydrogen (secondary N) is 2. The molecule has 1 amide bonds. The lowest BCUT2D eigenvalue weighted by molar-refractivity contribution is -0.117. The summed E-state index contributed by atoms with van der Waals surface area (Å²) in [5.74, 6) is 1.49. The van der Waals surface area contributed by atoms with Gasteiger partial charge in [0.05, 0.1) is 11.0 Å². The second kappa shape index (κ2) is 8.00. The first-order chi connectivity index (χ1) is 13.6. The molecule has 148 valence electrons. The molecular formula is C20H26N6O2. The summed E-state index contributed by atoms with van der Waals surface area (Å²) in [6.45, 7) is 2.76. The Balaban J connectivity index is 1.46. The van der Waals surface area contributed by atoms with Crippen LogP contribution in [0.5, 0.6) is 0 Å². The number of H-pyrrole nitrogens is 1. The van der Waals surface area contributed by atoms with E-state index < -0.39 is 0 Å². The third kappa shape index (κ3) is 3.85. The third-order valence-corrected chi connectivity index (χ3v) is 5.16. The van der Waals surface area contributed by atoms with Crippen LogP contribution in [-0.4, -0.2) is 30.2 Å². The predicted molar refractivity (Wildman–Crippen MR) is 107 cm³/mol. The van der Waals surface area contributed by atoms with Gasteiger partial charge in [0.2, 0.25) is 5.91 Å². The smallest absolute Gasteiger partial charge is 0.342 e. The fourth-order valence-corrected chi connectivity index (χ4v) is 3.67. The van der Waals surface area contributed by atoms with E-state index >= 15 is 0 Å². The van der Waals surface area contributed by atoms with Gasteiger partial charge >= 0.3 is 5.69 Å². The molecule has 0 radical (unpaired) electrons. The van der Waals surface area contributed by atoms with Crippen LogP contribution in [0.25, 0.3) is 11.0 Å². The first kappa shape index (κ1) is 18.5. The number of hydrogen-bond donors (Lipinski definition) is 2. The van der Waals surface area contributed by atoms with Crippen molar-refractivity contribution in [1.82, 2.24) is 24.3 Å². The second-order valence-electron chi connectivity index (χ2n) is 7.39. The zero-order valence-electron chi connectivity index (χ0n) is 16.2. The van der Waals surface area contributed by atoms with Gasteiger partial charge < -0.3 is 10.3 Å². The Labute approximate surface area is 163 Å². The average Bonchev–Trinajstić information content (AvgIpc) is 3.11. The molecule has 4 rings (SSSR count). The van der Waals surface area contributed by atoms with Crippen LogP contribution in [0, 0.1) is 0 Å². The van der Waals surface area contributed by atoms with E-state index in [1.54, 1.807) is 4.57 Å². The Kier molecular flexibility index (Phi) is 5.27. The van der Waals surface area contributed by atoms with E-state index in [1.165, 1.54) is 4.68 Å². The monoisotopic (exact) mass is 382 g/mol. The number of aromatic nitrogens is 5. The summed E-state index contributed by atoms with van der Waals surface area (Å²) < 4.78 is 2.97. The molecule has 2 N–H and O–H groups in total. The standard InChI is InChI=1S/C20H26N6O2/c1-2-3-7-17-22-15-10-9-14(12-16(15)23-17)21-19(27)13-26-20(28)25-11-6-4-5-8-18(25)24-26/h9-10,12H,2-8,11,13H2,1H3,(H,21,27)(H,22,23). The van der Waals surface area contributed by atoms with Crippen molar-refractivity contribution in [3.63, 3.8) is 0 Å². The molecule has 28 heavy (non-hydrogen) atoms. The Morgan fingerprint density at radius 3 is 3.04 bits per heavy atom. The molecule has 0 spiro atoms. The molecule has 1 aliphatic rings. The highest BCUT2D eigenvalue weighted by Gasteiger charge is 2.17. The topological polar surface area (TPSA) is 97.6 Å².